The first-order valence-electron chi connectivity index (χ1n) is 11.0. The smallest absolute Gasteiger partial charge is 0.308 e. The van der Waals surface area contributed by atoms with E-state index < -0.39 is 35.5 Å². The minimum Gasteiger partial charge on any atom is -0.427 e. The van der Waals surface area contributed by atoms with Crippen molar-refractivity contribution in [2.45, 2.75) is 32.9 Å². The summed E-state index contributed by atoms with van der Waals surface area (Å²) in [4.78, 5) is 53.5. The first-order valence-corrected chi connectivity index (χ1v) is 11.0. The van der Waals surface area contributed by atoms with Crippen molar-refractivity contribution in [3.05, 3.63) is 95.3 Å². The van der Waals surface area contributed by atoms with Gasteiger partial charge in [-0.1, -0.05) is 30.3 Å². The zero-order chi connectivity index (χ0) is 25.1. The van der Waals surface area contributed by atoms with E-state index in [1.807, 2.05) is 6.07 Å². The second-order valence-electron chi connectivity index (χ2n) is 8.25. The van der Waals surface area contributed by atoms with E-state index in [2.05, 4.69) is 0 Å². The molecular weight excluding hydrogens is 451 g/mol. The van der Waals surface area contributed by atoms with Crippen LogP contribution in [0, 0.1) is 12.7 Å². The summed E-state index contributed by atoms with van der Waals surface area (Å²) >= 11 is 0. The van der Waals surface area contributed by atoms with Gasteiger partial charge in [-0.05, 0) is 60.5 Å². The summed E-state index contributed by atoms with van der Waals surface area (Å²) in [6.07, 6.45) is -0.191. The molecule has 35 heavy (non-hydrogen) atoms. The Balaban J connectivity index is 1.66. The molecule has 0 bridgehead atoms. The number of rotatable bonds is 6. The number of anilines is 1. The van der Waals surface area contributed by atoms with Gasteiger partial charge in [0.1, 0.15) is 17.6 Å². The van der Waals surface area contributed by atoms with Crippen molar-refractivity contribution in [3.63, 3.8) is 0 Å². The van der Waals surface area contributed by atoms with E-state index >= 15 is 0 Å². The highest BCUT2D eigenvalue weighted by atomic mass is 19.1. The monoisotopic (exact) mass is 474 g/mol. The summed E-state index contributed by atoms with van der Waals surface area (Å²) in [5.74, 6) is -2.02. The van der Waals surface area contributed by atoms with Crippen LogP contribution in [0.1, 0.15) is 34.8 Å². The van der Waals surface area contributed by atoms with Gasteiger partial charge >= 0.3 is 5.97 Å². The van der Waals surface area contributed by atoms with Crippen molar-refractivity contribution in [1.29, 1.82) is 0 Å². The maximum absolute atomic E-state index is 13.6. The Morgan fingerprint density at radius 3 is 2.29 bits per heavy atom. The molecule has 8 heteroatoms. The van der Waals surface area contributed by atoms with Gasteiger partial charge in [-0.15, -0.1) is 0 Å². The Morgan fingerprint density at radius 2 is 1.66 bits per heavy atom. The molecule has 1 aliphatic rings. The second kappa shape index (κ2) is 9.89. The Morgan fingerprint density at radius 1 is 1.00 bits per heavy atom. The molecule has 0 spiro atoms. The fourth-order valence-corrected chi connectivity index (χ4v) is 4.04. The molecule has 4 rings (SSSR count). The summed E-state index contributed by atoms with van der Waals surface area (Å²) < 4.78 is 18.4. The Kier molecular flexibility index (Phi) is 6.73. The lowest BCUT2D eigenvalue weighted by Gasteiger charge is -2.28. The van der Waals surface area contributed by atoms with Gasteiger partial charge in [-0.25, -0.2) is 9.29 Å². The van der Waals surface area contributed by atoms with E-state index in [1.165, 1.54) is 48.2 Å². The summed E-state index contributed by atoms with van der Waals surface area (Å²) in [6, 6.07) is 17.6. The van der Waals surface area contributed by atoms with Crippen LogP contribution in [0.25, 0.3) is 0 Å². The molecule has 1 fully saturated rings. The number of amides is 3. The number of carbonyl (C=O) groups excluding carboxylic acids is 4. The second-order valence-corrected chi connectivity index (χ2v) is 8.25. The minimum atomic E-state index is -1.03. The molecule has 3 aromatic rings. The molecule has 1 heterocycles. The summed E-state index contributed by atoms with van der Waals surface area (Å²) in [7, 11) is 0. The average Bonchev–Trinajstić information content (AvgIpc) is 3.12. The SMILES string of the molecule is CC(=O)Oc1ccc(N2C(=O)CC(N(Cc3ccc(F)cc3)C(=O)c3ccccc3C)C2=O)cc1. The summed E-state index contributed by atoms with van der Waals surface area (Å²) in [6.45, 7) is 3.09. The largest absolute Gasteiger partial charge is 0.427 e. The Hall–Kier alpha value is -4.33. The zero-order valence-electron chi connectivity index (χ0n) is 19.2. The standard InChI is InChI=1S/C27H23FN2O5/c1-17-5-3-4-6-23(17)26(33)29(16-19-7-9-20(28)10-8-19)24-15-25(32)30(27(24)34)21-11-13-22(14-12-21)35-18(2)31/h3-14,24H,15-16H2,1-2H3. The molecule has 1 atom stereocenters. The number of nitrogens with zero attached hydrogens (tertiary/aromatic N) is 2. The number of carbonyl (C=O) groups is 4. The van der Waals surface area contributed by atoms with Crippen LogP contribution in [0.3, 0.4) is 0 Å². The maximum atomic E-state index is 13.6. The molecular formula is C27H23FN2O5. The molecule has 1 aliphatic heterocycles. The van der Waals surface area contributed by atoms with Crippen LogP contribution in [0.15, 0.2) is 72.8 Å². The number of aryl methyl sites for hydroxylation is 1. The predicted molar refractivity (Wildman–Crippen MR) is 126 cm³/mol. The lowest BCUT2D eigenvalue weighted by atomic mass is 10.0. The highest BCUT2D eigenvalue weighted by Crippen LogP contribution is 2.29. The number of hydrogen-bond acceptors (Lipinski definition) is 5. The van der Waals surface area contributed by atoms with E-state index in [1.54, 1.807) is 37.3 Å². The first-order chi connectivity index (χ1) is 16.7. The molecule has 3 amide bonds. The van der Waals surface area contributed by atoms with Crippen LogP contribution in [0.4, 0.5) is 10.1 Å². The van der Waals surface area contributed by atoms with Gasteiger partial charge in [0.25, 0.3) is 11.8 Å². The lowest BCUT2D eigenvalue weighted by Crippen LogP contribution is -2.45. The van der Waals surface area contributed by atoms with Crippen LogP contribution < -0.4 is 9.64 Å². The van der Waals surface area contributed by atoms with Gasteiger partial charge in [0.15, 0.2) is 0 Å². The van der Waals surface area contributed by atoms with Gasteiger partial charge in [0.2, 0.25) is 5.91 Å². The fourth-order valence-electron chi connectivity index (χ4n) is 4.04. The summed E-state index contributed by atoms with van der Waals surface area (Å²) in [5, 5.41) is 0. The van der Waals surface area contributed by atoms with E-state index in [0.29, 0.717) is 16.8 Å². The highest BCUT2D eigenvalue weighted by Gasteiger charge is 2.44. The van der Waals surface area contributed by atoms with Crippen LogP contribution in [-0.2, 0) is 20.9 Å². The van der Waals surface area contributed by atoms with Crippen molar-refractivity contribution >= 4 is 29.4 Å². The van der Waals surface area contributed by atoms with Gasteiger partial charge in [-0.3, -0.25) is 19.2 Å². The third kappa shape index (κ3) is 5.11. The topological polar surface area (TPSA) is 84.0 Å². The molecule has 7 nitrogen and oxygen atoms in total. The summed E-state index contributed by atoms with van der Waals surface area (Å²) in [5.41, 5.74) is 2.08. The number of hydrogen-bond donors (Lipinski definition) is 0. The van der Waals surface area contributed by atoms with Crippen LogP contribution in [-0.4, -0.2) is 34.6 Å². The minimum absolute atomic E-state index is 0.0242. The Labute approximate surface area is 201 Å². The lowest BCUT2D eigenvalue weighted by molar-refractivity contribution is -0.132. The molecule has 0 radical (unpaired) electrons. The molecule has 0 N–H and O–H groups in total. The van der Waals surface area contributed by atoms with Gasteiger partial charge in [-0.2, -0.15) is 0 Å². The Bertz CT molecular complexity index is 1290. The highest BCUT2D eigenvalue weighted by molar-refractivity contribution is 6.23. The zero-order valence-corrected chi connectivity index (χ0v) is 19.2. The first kappa shape index (κ1) is 23.8. The van der Waals surface area contributed by atoms with Crippen LogP contribution in [0.2, 0.25) is 0 Å². The number of esters is 1. The van der Waals surface area contributed by atoms with E-state index in [4.69, 9.17) is 4.74 Å². The van der Waals surface area contributed by atoms with Crippen LogP contribution in [0.5, 0.6) is 5.75 Å². The van der Waals surface area contributed by atoms with Gasteiger partial charge in [0.05, 0.1) is 12.1 Å². The maximum Gasteiger partial charge on any atom is 0.308 e. The van der Waals surface area contributed by atoms with Crippen LogP contribution >= 0.6 is 0 Å². The predicted octanol–water partition coefficient (Wildman–Crippen LogP) is 4.03. The molecule has 3 aromatic carbocycles. The quantitative estimate of drug-likeness (QED) is 0.306. The molecule has 1 unspecified atom stereocenters. The van der Waals surface area contributed by atoms with E-state index in [9.17, 15) is 23.6 Å². The number of ether oxygens (including phenoxy) is 1. The van der Waals surface area contributed by atoms with Gasteiger partial charge < -0.3 is 9.64 Å². The van der Waals surface area contributed by atoms with Crippen molar-refractivity contribution in [1.82, 2.24) is 4.90 Å². The van der Waals surface area contributed by atoms with Crippen molar-refractivity contribution in [2.24, 2.45) is 0 Å². The van der Waals surface area contributed by atoms with Crippen molar-refractivity contribution in [2.75, 3.05) is 4.90 Å². The molecule has 0 saturated carbocycles. The molecule has 1 saturated heterocycles. The normalized spacial score (nSPS) is 15.3. The molecule has 0 aromatic heterocycles. The van der Waals surface area contributed by atoms with E-state index in [-0.39, 0.29) is 18.7 Å². The van der Waals surface area contributed by atoms with Gasteiger partial charge in [0, 0.05) is 19.0 Å². The molecule has 0 aliphatic carbocycles. The third-order valence-corrected chi connectivity index (χ3v) is 5.76. The average molecular weight is 474 g/mol. The third-order valence-electron chi connectivity index (χ3n) is 5.76. The van der Waals surface area contributed by atoms with Crippen molar-refractivity contribution < 1.29 is 28.3 Å². The van der Waals surface area contributed by atoms with E-state index in [0.717, 1.165) is 10.5 Å². The number of halogens is 1. The number of benzene rings is 3. The number of imide groups is 1. The van der Waals surface area contributed by atoms with Crippen molar-refractivity contribution in [3.8, 4) is 5.75 Å². The fraction of sp³-hybridized carbons (Fsp3) is 0.185. The molecule has 178 valence electrons.